The predicted octanol–water partition coefficient (Wildman–Crippen LogP) is 27.8. The average Bonchev–Trinajstić information content (AvgIpc) is 3.63. The van der Waals surface area contributed by atoms with Crippen molar-refractivity contribution in [3.8, 4) is 0 Å². The maximum absolute atomic E-state index is 12.6. The summed E-state index contributed by atoms with van der Waals surface area (Å²) in [5, 5.41) is 23.5. The number of esters is 1. The largest absolute Gasteiger partial charge is 0.466 e. The molecule has 1 amide bonds. The Kier molecular flexibility index (Phi) is 78.8. The number of ether oxygens (including phenoxy) is 1. The first-order chi connectivity index (χ1) is 44.5. The van der Waals surface area contributed by atoms with Gasteiger partial charge in [-0.2, -0.15) is 0 Å². The number of hydrogen-bond acceptors (Lipinski definition) is 5. The highest BCUT2D eigenvalue weighted by Crippen LogP contribution is 2.21. The van der Waals surface area contributed by atoms with Gasteiger partial charge >= 0.3 is 5.97 Å². The summed E-state index contributed by atoms with van der Waals surface area (Å²) in [4.78, 5) is 24.7. The quantitative estimate of drug-likeness (QED) is 0.0320. The van der Waals surface area contributed by atoms with E-state index in [2.05, 4.69) is 31.3 Å². The molecule has 0 aromatic heterocycles. The van der Waals surface area contributed by atoms with Crippen molar-refractivity contribution in [1.29, 1.82) is 0 Å². The van der Waals surface area contributed by atoms with E-state index in [4.69, 9.17) is 4.74 Å². The minimum Gasteiger partial charge on any atom is -0.466 e. The van der Waals surface area contributed by atoms with Gasteiger partial charge in [0.2, 0.25) is 5.91 Å². The maximum atomic E-state index is 12.6. The highest BCUT2D eigenvalue weighted by atomic mass is 16.5. The fourth-order valence-electron chi connectivity index (χ4n) is 13.7. The van der Waals surface area contributed by atoms with Crippen molar-refractivity contribution in [3.63, 3.8) is 0 Å². The molecular formula is C84H165NO5. The molecule has 6 nitrogen and oxygen atoms in total. The number of nitrogens with one attached hydrogen (secondary N) is 1. The first-order valence-corrected chi connectivity index (χ1v) is 41.9. The van der Waals surface area contributed by atoms with Crippen molar-refractivity contribution in [2.75, 3.05) is 13.2 Å². The van der Waals surface area contributed by atoms with E-state index in [9.17, 15) is 19.8 Å². The van der Waals surface area contributed by atoms with Crippen LogP contribution < -0.4 is 5.32 Å². The van der Waals surface area contributed by atoms with Gasteiger partial charge in [0.05, 0.1) is 25.4 Å². The van der Waals surface area contributed by atoms with Gasteiger partial charge in [-0.1, -0.05) is 437 Å². The lowest BCUT2D eigenvalue weighted by atomic mass is 10.0. The smallest absolute Gasteiger partial charge is 0.305 e. The van der Waals surface area contributed by atoms with Gasteiger partial charge in [0.1, 0.15) is 0 Å². The third-order valence-electron chi connectivity index (χ3n) is 20.1. The van der Waals surface area contributed by atoms with Crippen molar-refractivity contribution >= 4 is 11.9 Å². The molecule has 0 rings (SSSR count). The molecule has 2 unspecified atom stereocenters. The molecule has 0 aliphatic heterocycles. The van der Waals surface area contributed by atoms with E-state index in [1.807, 2.05) is 0 Å². The number of rotatable bonds is 80. The second-order valence-corrected chi connectivity index (χ2v) is 29.2. The van der Waals surface area contributed by atoms with Gasteiger partial charge in [-0.3, -0.25) is 9.59 Å². The zero-order valence-electron chi connectivity index (χ0n) is 61.7. The zero-order chi connectivity index (χ0) is 64.9. The molecule has 0 aromatic rings. The Labute approximate surface area is 565 Å². The molecule has 0 heterocycles. The molecular weight excluding hydrogens is 1100 g/mol. The molecule has 0 saturated heterocycles. The minimum atomic E-state index is -0.665. The molecule has 90 heavy (non-hydrogen) atoms. The van der Waals surface area contributed by atoms with Gasteiger partial charge in [0, 0.05) is 12.8 Å². The van der Waals surface area contributed by atoms with E-state index < -0.39 is 12.1 Å². The summed E-state index contributed by atoms with van der Waals surface area (Å²) in [6, 6.07) is -0.542. The fourth-order valence-corrected chi connectivity index (χ4v) is 13.7. The van der Waals surface area contributed by atoms with Gasteiger partial charge in [0.15, 0.2) is 0 Å². The van der Waals surface area contributed by atoms with Crippen molar-refractivity contribution in [2.45, 2.75) is 501 Å². The molecule has 3 N–H and O–H groups in total. The van der Waals surface area contributed by atoms with Gasteiger partial charge in [-0.25, -0.2) is 0 Å². The molecule has 0 radical (unpaired) electrons. The van der Waals surface area contributed by atoms with E-state index in [-0.39, 0.29) is 18.5 Å². The number of aliphatic hydroxyl groups is 2. The highest BCUT2D eigenvalue weighted by molar-refractivity contribution is 5.76. The molecule has 0 aliphatic rings. The van der Waals surface area contributed by atoms with Crippen LogP contribution >= 0.6 is 0 Å². The van der Waals surface area contributed by atoms with E-state index in [1.54, 1.807) is 0 Å². The second kappa shape index (κ2) is 80.0. The van der Waals surface area contributed by atoms with Crippen LogP contribution in [0.4, 0.5) is 0 Å². The number of amides is 1. The summed E-state index contributed by atoms with van der Waals surface area (Å²) in [5.41, 5.74) is 0. The molecule has 6 heteroatoms. The van der Waals surface area contributed by atoms with Crippen molar-refractivity contribution < 1.29 is 24.5 Å². The van der Waals surface area contributed by atoms with E-state index >= 15 is 0 Å². The summed E-state index contributed by atoms with van der Waals surface area (Å²) in [6.45, 7) is 5.02. The van der Waals surface area contributed by atoms with E-state index in [1.165, 1.54) is 417 Å². The van der Waals surface area contributed by atoms with Crippen LogP contribution in [0.2, 0.25) is 0 Å². The summed E-state index contributed by atoms with van der Waals surface area (Å²) in [6.07, 6.45) is 102. The van der Waals surface area contributed by atoms with Crippen LogP contribution in [0, 0.1) is 0 Å². The Morgan fingerprint density at radius 3 is 0.789 bits per heavy atom. The number of unbranched alkanes of at least 4 members (excludes halogenated alkanes) is 67. The molecule has 0 saturated carbocycles. The Hall–Kier alpha value is -1.40. The summed E-state index contributed by atoms with van der Waals surface area (Å²) in [5.74, 6) is -0.00377. The lowest BCUT2D eigenvalue weighted by Crippen LogP contribution is -2.45. The minimum absolute atomic E-state index is 0.0231. The lowest BCUT2D eigenvalue weighted by molar-refractivity contribution is -0.143. The van der Waals surface area contributed by atoms with E-state index in [0.717, 1.165) is 38.5 Å². The zero-order valence-corrected chi connectivity index (χ0v) is 61.7. The maximum Gasteiger partial charge on any atom is 0.305 e. The molecule has 2 atom stereocenters. The summed E-state index contributed by atoms with van der Waals surface area (Å²) < 4.78 is 5.52. The van der Waals surface area contributed by atoms with Gasteiger partial charge < -0.3 is 20.3 Å². The van der Waals surface area contributed by atoms with Gasteiger partial charge in [-0.15, -0.1) is 0 Å². The first kappa shape index (κ1) is 88.6. The first-order valence-electron chi connectivity index (χ1n) is 41.9. The number of hydrogen-bond donors (Lipinski definition) is 3. The molecule has 0 fully saturated rings. The molecule has 0 spiro atoms. The normalized spacial score (nSPS) is 12.4. The number of carbonyl (C=O) groups is 2. The Bertz CT molecular complexity index is 1370. The Balaban J connectivity index is 3.35. The molecule has 0 bridgehead atoms. The Morgan fingerprint density at radius 1 is 0.300 bits per heavy atom. The van der Waals surface area contributed by atoms with Crippen LogP contribution in [-0.2, 0) is 14.3 Å². The monoisotopic (exact) mass is 1270 g/mol. The second-order valence-electron chi connectivity index (χ2n) is 29.2. The molecule has 0 aliphatic carbocycles. The number of aliphatic hydroxyl groups excluding tert-OH is 2. The fraction of sp³-hybridized carbons (Fsp3) is 0.952. The highest BCUT2D eigenvalue weighted by Gasteiger charge is 2.20. The van der Waals surface area contributed by atoms with Gasteiger partial charge in [-0.05, 0) is 51.4 Å². The van der Waals surface area contributed by atoms with Crippen LogP contribution in [0.5, 0.6) is 0 Å². The molecule has 0 aromatic carbocycles. The van der Waals surface area contributed by atoms with Gasteiger partial charge in [0.25, 0.3) is 0 Å². The third-order valence-corrected chi connectivity index (χ3v) is 20.1. The van der Waals surface area contributed by atoms with Crippen molar-refractivity contribution in [2.24, 2.45) is 0 Å². The molecule has 536 valence electrons. The van der Waals surface area contributed by atoms with Crippen molar-refractivity contribution in [1.82, 2.24) is 5.32 Å². The van der Waals surface area contributed by atoms with Crippen LogP contribution in [0.3, 0.4) is 0 Å². The number of carbonyl (C=O) groups excluding carboxylic acids is 2. The van der Waals surface area contributed by atoms with Crippen LogP contribution in [0.25, 0.3) is 0 Å². The Morgan fingerprint density at radius 2 is 0.522 bits per heavy atom. The predicted molar refractivity (Wildman–Crippen MR) is 398 cm³/mol. The lowest BCUT2D eigenvalue weighted by Gasteiger charge is -2.22. The van der Waals surface area contributed by atoms with Crippen molar-refractivity contribution in [3.05, 3.63) is 12.2 Å². The van der Waals surface area contributed by atoms with E-state index in [0.29, 0.717) is 25.9 Å². The third kappa shape index (κ3) is 75.6. The summed E-state index contributed by atoms with van der Waals surface area (Å²) in [7, 11) is 0. The SMILES string of the molecule is CCCCCCCCCCCCCCCCCCCCCCCCCCCC(O)C(CO)NC(=O)CCCCCCCCCCCCCCCC/C=C\CCCCCCCCCCCCCCOC(=O)CCCCCCCCCCCCCCCCCCCC. The number of allylic oxidation sites excluding steroid dienone is 2. The van der Waals surface area contributed by atoms with Crippen LogP contribution in [0.15, 0.2) is 12.2 Å². The standard InChI is InChI=1S/C84H165NO5/c1-3-5-7-9-11-13-15-17-19-21-23-24-25-32-35-38-41-44-48-52-56-60-64-68-72-76-82(87)81(80-86)85-83(88)77-73-69-65-61-57-53-49-45-42-39-36-33-30-28-26-27-29-31-34-37-40-43-47-51-55-59-63-67-71-75-79-90-84(89)78-74-70-66-62-58-54-50-46-22-20-18-16-14-12-10-8-6-4-2/h27,29,81-82,86-87H,3-26,28,30-80H2,1-2H3,(H,85,88)/b29-27-. The van der Waals surface area contributed by atoms with Crippen LogP contribution in [-0.4, -0.2) is 47.4 Å². The van der Waals surface area contributed by atoms with Crippen LogP contribution in [0.1, 0.15) is 489 Å². The average molecular weight is 1270 g/mol. The summed E-state index contributed by atoms with van der Waals surface area (Å²) >= 11 is 0. The topological polar surface area (TPSA) is 95.9 Å².